The quantitative estimate of drug-likeness (QED) is 0.208. The molecule has 9 nitrogen and oxygen atoms in total. The first-order valence-corrected chi connectivity index (χ1v) is 11.1. The van der Waals surface area contributed by atoms with E-state index < -0.39 is 6.02 Å². The van der Waals surface area contributed by atoms with Crippen LogP contribution in [0.3, 0.4) is 0 Å². The van der Waals surface area contributed by atoms with Gasteiger partial charge < -0.3 is 15.8 Å². The molecule has 0 saturated carbocycles. The molecule has 176 valence electrons. The van der Waals surface area contributed by atoms with Crippen molar-refractivity contribution >= 4 is 28.6 Å². The molecule has 3 heterocycles. The Labute approximate surface area is 207 Å². The zero-order valence-corrected chi connectivity index (χ0v) is 19.1. The van der Waals surface area contributed by atoms with Crippen LogP contribution in [0.2, 0.25) is 0 Å². The summed E-state index contributed by atoms with van der Waals surface area (Å²) < 4.78 is 4.92. The largest absolute Gasteiger partial charge is 0.407 e. The van der Waals surface area contributed by atoms with E-state index in [1.165, 1.54) is 6.20 Å². The van der Waals surface area contributed by atoms with Gasteiger partial charge in [-0.25, -0.2) is 9.97 Å². The van der Waals surface area contributed by atoms with Gasteiger partial charge in [-0.3, -0.25) is 20.8 Å². The number of benzene rings is 2. The van der Waals surface area contributed by atoms with Crippen molar-refractivity contribution in [1.29, 1.82) is 10.8 Å². The molecule has 0 fully saturated rings. The fourth-order valence-corrected chi connectivity index (χ4v) is 3.83. The Hall–Kier alpha value is -5.18. The van der Waals surface area contributed by atoms with Crippen molar-refractivity contribution in [2.75, 3.05) is 5.32 Å². The van der Waals surface area contributed by atoms with E-state index in [1.54, 1.807) is 18.5 Å². The van der Waals surface area contributed by atoms with Crippen LogP contribution in [0.15, 0.2) is 91.4 Å². The number of nitrogens with one attached hydrogen (secondary N) is 3. The second kappa shape index (κ2) is 9.98. The van der Waals surface area contributed by atoms with Crippen LogP contribution in [0.25, 0.3) is 33.4 Å². The first-order valence-electron chi connectivity index (χ1n) is 11.1. The molecular weight excluding hydrogens is 452 g/mol. The summed E-state index contributed by atoms with van der Waals surface area (Å²) in [7, 11) is 0. The van der Waals surface area contributed by atoms with Gasteiger partial charge in [-0.05, 0) is 35.4 Å². The zero-order valence-electron chi connectivity index (χ0n) is 19.1. The van der Waals surface area contributed by atoms with Gasteiger partial charge in [0, 0.05) is 24.2 Å². The lowest BCUT2D eigenvalue weighted by atomic mass is 10.0. The van der Waals surface area contributed by atoms with Gasteiger partial charge in [0.05, 0.1) is 28.7 Å². The minimum atomic E-state index is -0.568. The van der Waals surface area contributed by atoms with Gasteiger partial charge in [0.1, 0.15) is 5.82 Å². The Morgan fingerprint density at radius 1 is 0.889 bits per heavy atom. The van der Waals surface area contributed by atoms with Gasteiger partial charge in [-0.15, -0.1) is 0 Å². The van der Waals surface area contributed by atoms with E-state index in [-0.39, 0.29) is 5.90 Å². The fourth-order valence-electron chi connectivity index (χ4n) is 3.83. The molecule has 36 heavy (non-hydrogen) atoms. The Morgan fingerprint density at radius 2 is 1.72 bits per heavy atom. The summed E-state index contributed by atoms with van der Waals surface area (Å²) in [5.41, 5.74) is 9.91. The maximum Gasteiger partial charge on any atom is 0.285 e. The van der Waals surface area contributed by atoms with E-state index >= 15 is 0 Å². The molecule has 0 aliphatic rings. The number of amidine groups is 1. The highest BCUT2D eigenvalue weighted by Crippen LogP contribution is 2.34. The number of hydrogen-bond donors (Lipinski definition) is 4. The van der Waals surface area contributed by atoms with Crippen molar-refractivity contribution in [3.05, 3.63) is 103 Å². The number of hydrogen-bond acceptors (Lipinski definition) is 8. The number of fused-ring (bicyclic) bond motifs is 1. The summed E-state index contributed by atoms with van der Waals surface area (Å²) in [5, 5.41) is 19.6. The van der Waals surface area contributed by atoms with E-state index in [1.807, 2.05) is 48.5 Å². The van der Waals surface area contributed by atoms with Gasteiger partial charge in [-0.1, -0.05) is 48.5 Å². The van der Waals surface area contributed by atoms with Crippen molar-refractivity contribution in [1.82, 2.24) is 19.9 Å². The molecule has 2 aromatic carbocycles. The third kappa shape index (κ3) is 4.85. The molecule has 3 aromatic heterocycles. The number of nitrogens with zero attached hydrogens (tertiary/aromatic N) is 4. The number of pyridine rings is 2. The van der Waals surface area contributed by atoms with Crippen LogP contribution in [-0.2, 0) is 11.3 Å². The van der Waals surface area contributed by atoms with Crippen LogP contribution in [0.4, 0.5) is 5.82 Å². The Morgan fingerprint density at radius 3 is 2.50 bits per heavy atom. The van der Waals surface area contributed by atoms with Gasteiger partial charge in [-0.2, -0.15) is 0 Å². The molecule has 5 rings (SSSR count). The van der Waals surface area contributed by atoms with Crippen molar-refractivity contribution < 1.29 is 4.74 Å². The summed E-state index contributed by atoms with van der Waals surface area (Å²) in [5.74, 6) is 0.805. The summed E-state index contributed by atoms with van der Waals surface area (Å²) in [6, 6.07) is 22.9. The molecule has 0 aliphatic carbocycles. The Balaban J connectivity index is 1.63. The molecule has 0 radical (unpaired) electrons. The maximum absolute atomic E-state index is 8.03. The first-order chi connectivity index (χ1) is 17.6. The molecule has 0 aliphatic heterocycles. The number of ether oxygens (including phenoxy) is 1. The highest BCUT2D eigenvalue weighted by Gasteiger charge is 2.16. The molecule has 0 saturated heterocycles. The van der Waals surface area contributed by atoms with Crippen molar-refractivity contribution in [3.8, 4) is 22.5 Å². The molecule has 5 N–H and O–H groups in total. The number of rotatable bonds is 6. The predicted molar refractivity (Wildman–Crippen MR) is 140 cm³/mol. The first kappa shape index (κ1) is 22.6. The van der Waals surface area contributed by atoms with E-state index in [2.05, 4.69) is 33.5 Å². The molecular formula is C27H22N8O. The van der Waals surface area contributed by atoms with Crippen LogP contribution in [0.1, 0.15) is 11.3 Å². The van der Waals surface area contributed by atoms with Crippen LogP contribution in [0.5, 0.6) is 0 Å². The molecule has 5 aromatic rings. The molecule has 0 amide bonds. The molecule has 0 unspecified atom stereocenters. The van der Waals surface area contributed by atoms with Crippen molar-refractivity contribution in [2.45, 2.75) is 6.54 Å². The predicted octanol–water partition coefficient (Wildman–Crippen LogP) is 4.60. The highest BCUT2D eigenvalue weighted by molar-refractivity contribution is 6.03. The fraction of sp³-hybridized carbons (Fsp3) is 0.0370. The topological polar surface area (TPSA) is 147 Å². The van der Waals surface area contributed by atoms with Crippen LogP contribution in [0, 0.1) is 10.8 Å². The SMILES string of the molecule is N=C(N)OC(=N)c1cncc(-c2nc(NCc3ccccn3)c3c(-c4ccccc4)cccc3n2)c1. The standard InChI is InChI=1S/C27H22N8O/c28-24(36-27(29)30)18-13-19(15-31-14-18)25-34-22-11-6-10-21(17-7-2-1-3-8-17)23(22)26(35-25)33-16-20-9-4-5-12-32-20/h1-15,28H,16H2,(H3,29,30)(H,33,34,35). The van der Waals surface area contributed by atoms with Crippen LogP contribution >= 0.6 is 0 Å². The Bertz CT molecular complexity index is 1550. The van der Waals surface area contributed by atoms with E-state index in [4.69, 9.17) is 31.3 Å². The van der Waals surface area contributed by atoms with E-state index in [0.717, 1.165) is 27.7 Å². The van der Waals surface area contributed by atoms with Gasteiger partial charge in [0.2, 0.25) is 5.90 Å². The monoisotopic (exact) mass is 474 g/mol. The van der Waals surface area contributed by atoms with Crippen molar-refractivity contribution in [2.24, 2.45) is 5.73 Å². The highest BCUT2D eigenvalue weighted by atomic mass is 16.5. The maximum atomic E-state index is 8.03. The number of aromatic nitrogens is 4. The second-order valence-corrected chi connectivity index (χ2v) is 7.89. The third-order valence-electron chi connectivity index (χ3n) is 5.44. The molecule has 9 heteroatoms. The smallest absolute Gasteiger partial charge is 0.285 e. The average molecular weight is 475 g/mol. The van der Waals surface area contributed by atoms with E-state index in [9.17, 15) is 0 Å². The second-order valence-electron chi connectivity index (χ2n) is 7.89. The van der Waals surface area contributed by atoms with Crippen LogP contribution in [-0.4, -0.2) is 31.9 Å². The lowest BCUT2D eigenvalue weighted by Gasteiger charge is -2.14. The summed E-state index contributed by atoms with van der Waals surface area (Å²) in [6.45, 7) is 0.477. The number of nitrogens with two attached hydrogens (primary N) is 1. The summed E-state index contributed by atoms with van der Waals surface area (Å²) >= 11 is 0. The number of anilines is 1. The van der Waals surface area contributed by atoms with Crippen molar-refractivity contribution in [3.63, 3.8) is 0 Å². The molecule has 0 atom stereocenters. The summed E-state index contributed by atoms with van der Waals surface area (Å²) in [4.78, 5) is 18.3. The summed E-state index contributed by atoms with van der Waals surface area (Å²) in [6.07, 6.45) is 4.84. The van der Waals surface area contributed by atoms with E-state index in [0.29, 0.717) is 29.3 Å². The lowest BCUT2D eigenvalue weighted by molar-refractivity contribution is 0.527. The minimum Gasteiger partial charge on any atom is -0.407 e. The average Bonchev–Trinajstić information content (AvgIpc) is 2.92. The Kier molecular flexibility index (Phi) is 6.27. The van der Waals surface area contributed by atoms with Gasteiger partial charge in [0.15, 0.2) is 5.82 Å². The molecule has 0 spiro atoms. The minimum absolute atomic E-state index is 0.280. The normalized spacial score (nSPS) is 10.7. The van der Waals surface area contributed by atoms with Gasteiger partial charge in [0.25, 0.3) is 6.02 Å². The third-order valence-corrected chi connectivity index (χ3v) is 5.44. The van der Waals surface area contributed by atoms with Crippen LogP contribution < -0.4 is 11.1 Å². The lowest BCUT2D eigenvalue weighted by Crippen LogP contribution is -2.19. The zero-order chi connectivity index (χ0) is 24.9. The van der Waals surface area contributed by atoms with Gasteiger partial charge >= 0.3 is 0 Å². The molecule has 0 bridgehead atoms.